The molecular formula is C25H30N2OS. The second-order valence-corrected chi connectivity index (χ2v) is 8.88. The molecule has 0 atom stereocenters. The van der Waals surface area contributed by atoms with Gasteiger partial charge in [-0.2, -0.15) is 0 Å². The van der Waals surface area contributed by atoms with Gasteiger partial charge in [-0.15, -0.1) is 0 Å². The summed E-state index contributed by atoms with van der Waals surface area (Å²) < 4.78 is 0. The Balaban J connectivity index is 2.02. The van der Waals surface area contributed by atoms with Crippen molar-refractivity contribution in [2.24, 2.45) is 0 Å². The Kier molecular flexibility index (Phi) is 5.95. The van der Waals surface area contributed by atoms with Crippen LogP contribution in [-0.2, 0) is 23.1 Å². The number of likely N-dealkylation sites (N-methyl/N-ethyl adjacent to an activating group) is 1. The summed E-state index contributed by atoms with van der Waals surface area (Å²) in [7, 11) is 1.87. The van der Waals surface area contributed by atoms with Gasteiger partial charge in [-0.3, -0.25) is 9.69 Å². The number of nitrogens with zero attached hydrogens (tertiary/aromatic N) is 2. The molecule has 1 fully saturated rings. The van der Waals surface area contributed by atoms with Crippen molar-refractivity contribution in [3.05, 3.63) is 70.4 Å². The van der Waals surface area contributed by atoms with Gasteiger partial charge in [0.25, 0.3) is 5.91 Å². The lowest BCUT2D eigenvalue weighted by Crippen LogP contribution is -2.32. The van der Waals surface area contributed by atoms with Crippen LogP contribution >= 0.6 is 12.2 Å². The van der Waals surface area contributed by atoms with Crippen LogP contribution in [0.1, 0.15) is 56.9 Å². The molecule has 29 heavy (non-hydrogen) atoms. The number of hydrogen-bond donors (Lipinski definition) is 0. The Morgan fingerprint density at radius 2 is 1.52 bits per heavy atom. The van der Waals surface area contributed by atoms with Gasteiger partial charge in [0.1, 0.15) is 5.70 Å². The lowest BCUT2D eigenvalue weighted by atomic mass is 9.86. The fourth-order valence-corrected chi connectivity index (χ4v) is 3.97. The zero-order valence-electron chi connectivity index (χ0n) is 18.2. The van der Waals surface area contributed by atoms with E-state index in [1.165, 1.54) is 5.56 Å². The van der Waals surface area contributed by atoms with Gasteiger partial charge >= 0.3 is 0 Å². The van der Waals surface area contributed by atoms with Crippen molar-refractivity contribution < 1.29 is 4.79 Å². The van der Waals surface area contributed by atoms with Gasteiger partial charge in [-0.25, -0.2) is 0 Å². The van der Waals surface area contributed by atoms with Crippen molar-refractivity contribution in [3.8, 4) is 0 Å². The van der Waals surface area contributed by atoms with Gasteiger partial charge in [0.05, 0.1) is 5.69 Å². The highest BCUT2D eigenvalue weighted by molar-refractivity contribution is 7.80. The maximum atomic E-state index is 13.4. The van der Waals surface area contributed by atoms with Gasteiger partial charge in [-0.05, 0) is 58.8 Å². The molecule has 1 aliphatic rings. The highest BCUT2D eigenvalue weighted by atomic mass is 32.1. The second-order valence-electron chi connectivity index (χ2n) is 8.52. The normalized spacial score (nSPS) is 16.3. The van der Waals surface area contributed by atoms with Crippen LogP contribution in [0.2, 0.25) is 0 Å². The first-order chi connectivity index (χ1) is 13.7. The molecule has 2 aromatic rings. The Bertz CT molecular complexity index is 945. The van der Waals surface area contributed by atoms with Crippen molar-refractivity contribution >= 4 is 35.0 Å². The Morgan fingerprint density at radius 1 is 0.966 bits per heavy atom. The maximum absolute atomic E-state index is 13.4. The number of amides is 1. The third kappa shape index (κ3) is 3.99. The minimum atomic E-state index is -0.0620. The SMILES string of the molecule is CCc1cccc(CC)c1N1C(=O)/C(=C/c2ccc(C(C)(C)C)cc2)N(C)C1=S. The van der Waals surface area contributed by atoms with E-state index >= 15 is 0 Å². The Hall–Kier alpha value is -2.46. The van der Waals surface area contributed by atoms with E-state index in [0.29, 0.717) is 10.8 Å². The van der Waals surface area contributed by atoms with Gasteiger partial charge in [-0.1, -0.05) is 77.1 Å². The molecule has 3 nitrogen and oxygen atoms in total. The minimum absolute atomic E-state index is 0.0620. The number of anilines is 1. The predicted octanol–water partition coefficient (Wildman–Crippen LogP) is 5.71. The Labute approximate surface area is 180 Å². The number of carbonyl (C=O) groups is 1. The molecule has 1 aliphatic heterocycles. The van der Waals surface area contributed by atoms with E-state index in [0.717, 1.165) is 35.2 Å². The molecule has 3 rings (SSSR count). The first-order valence-electron chi connectivity index (χ1n) is 10.2. The topological polar surface area (TPSA) is 23.6 Å². The van der Waals surface area contributed by atoms with Crippen molar-refractivity contribution in [3.63, 3.8) is 0 Å². The van der Waals surface area contributed by atoms with E-state index in [1.54, 1.807) is 4.90 Å². The predicted molar refractivity (Wildman–Crippen MR) is 126 cm³/mol. The fourth-order valence-electron chi connectivity index (χ4n) is 3.69. The molecule has 0 bridgehead atoms. The molecule has 1 heterocycles. The van der Waals surface area contributed by atoms with Crippen LogP contribution in [0.15, 0.2) is 48.2 Å². The average Bonchev–Trinajstić information content (AvgIpc) is 2.90. The molecule has 0 aliphatic carbocycles. The van der Waals surface area contributed by atoms with Crippen molar-refractivity contribution in [2.75, 3.05) is 11.9 Å². The van der Waals surface area contributed by atoms with E-state index < -0.39 is 0 Å². The fraction of sp³-hybridized carbons (Fsp3) is 0.360. The van der Waals surface area contributed by atoms with Crippen LogP contribution in [0, 0.1) is 0 Å². The summed E-state index contributed by atoms with van der Waals surface area (Å²) in [5, 5.41) is 0.531. The first-order valence-corrected chi connectivity index (χ1v) is 10.6. The van der Waals surface area contributed by atoms with E-state index in [-0.39, 0.29) is 11.3 Å². The summed E-state index contributed by atoms with van der Waals surface area (Å²) in [5.74, 6) is -0.0620. The number of hydrogen-bond acceptors (Lipinski definition) is 2. The molecule has 1 amide bonds. The van der Waals surface area contributed by atoms with Crippen LogP contribution in [0.4, 0.5) is 5.69 Å². The molecule has 1 saturated heterocycles. The number of benzene rings is 2. The number of aryl methyl sites for hydroxylation is 2. The van der Waals surface area contributed by atoms with Crippen molar-refractivity contribution in [1.82, 2.24) is 4.90 Å². The Morgan fingerprint density at radius 3 is 2.00 bits per heavy atom. The van der Waals surface area contributed by atoms with Gasteiger partial charge in [0.15, 0.2) is 5.11 Å². The van der Waals surface area contributed by atoms with E-state index in [4.69, 9.17) is 12.2 Å². The number of rotatable bonds is 4. The van der Waals surface area contributed by atoms with Gasteiger partial charge in [0, 0.05) is 7.05 Å². The average molecular weight is 407 g/mol. The smallest absolute Gasteiger partial charge is 0.281 e. The van der Waals surface area contributed by atoms with E-state index in [9.17, 15) is 4.79 Å². The molecule has 4 heteroatoms. The summed E-state index contributed by atoms with van der Waals surface area (Å²) in [6.07, 6.45) is 3.64. The number of para-hydroxylation sites is 1. The standard InChI is InChI=1S/C25H30N2OS/c1-7-18-10-9-11-19(8-2)22(18)27-23(28)21(26(6)24(27)29)16-17-12-14-20(15-13-17)25(3,4)5/h9-16H,7-8H2,1-6H3/b21-16-. The molecule has 0 aromatic heterocycles. The third-order valence-corrected chi connectivity index (χ3v) is 5.99. The van der Waals surface area contributed by atoms with Gasteiger partial charge in [0.2, 0.25) is 0 Å². The lowest BCUT2D eigenvalue weighted by molar-refractivity contribution is -0.114. The highest BCUT2D eigenvalue weighted by Gasteiger charge is 2.38. The zero-order chi connectivity index (χ0) is 21.3. The summed E-state index contributed by atoms with van der Waals surface area (Å²) in [5.41, 5.74) is 6.21. The third-order valence-electron chi connectivity index (χ3n) is 5.53. The largest absolute Gasteiger partial charge is 0.317 e. The maximum Gasteiger partial charge on any atom is 0.281 e. The first kappa shape index (κ1) is 21.3. The molecule has 152 valence electrons. The summed E-state index contributed by atoms with van der Waals surface area (Å²) in [4.78, 5) is 17.0. The molecule has 0 radical (unpaired) electrons. The van der Waals surface area contributed by atoms with Crippen LogP contribution in [0.5, 0.6) is 0 Å². The molecule has 0 unspecified atom stereocenters. The molecule has 0 N–H and O–H groups in total. The monoisotopic (exact) mass is 406 g/mol. The lowest BCUT2D eigenvalue weighted by Gasteiger charge is -2.22. The molecular weight excluding hydrogens is 376 g/mol. The minimum Gasteiger partial charge on any atom is -0.317 e. The van der Waals surface area contributed by atoms with E-state index in [1.807, 2.05) is 18.0 Å². The van der Waals surface area contributed by atoms with Crippen LogP contribution in [0.3, 0.4) is 0 Å². The molecule has 0 spiro atoms. The summed E-state index contributed by atoms with van der Waals surface area (Å²) in [6.45, 7) is 10.8. The van der Waals surface area contributed by atoms with Gasteiger partial charge < -0.3 is 4.90 Å². The zero-order valence-corrected chi connectivity index (χ0v) is 19.1. The quantitative estimate of drug-likeness (QED) is 0.480. The molecule has 2 aromatic carbocycles. The van der Waals surface area contributed by atoms with Crippen LogP contribution < -0.4 is 4.90 Å². The summed E-state index contributed by atoms with van der Waals surface area (Å²) in [6, 6.07) is 14.6. The van der Waals surface area contributed by atoms with Crippen molar-refractivity contribution in [1.29, 1.82) is 0 Å². The van der Waals surface area contributed by atoms with Crippen molar-refractivity contribution in [2.45, 2.75) is 52.9 Å². The number of carbonyl (C=O) groups excluding carboxylic acids is 1. The number of thiocarbonyl (C=S) groups is 1. The highest BCUT2D eigenvalue weighted by Crippen LogP contribution is 2.34. The summed E-state index contributed by atoms with van der Waals surface area (Å²) >= 11 is 5.69. The molecule has 0 saturated carbocycles. The second kappa shape index (κ2) is 8.11. The van der Waals surface area contributed by atoms with Crippen LogP contribution in [0.25, 0.3) is 6.08 Å². The van der Waals surface area contributed by atoms with E-state index in [2.05, 4.69) is 77.1 Å². The van der Waals surface area contributed by atoms with Crippen LogP contribution in [-0.4, -0.2) is 23.0 Å².